The molecule has 26 heavy (non-hydrogen) atoms. The molecule has 1 aromatic rings. The predicted molar refractivity (Wildman–Crippen MR) is 107 cm³/mol. The molecule has 5 heteroatoms. The van der Waals surface area contributed by atoms with Crippen LogP contribution in [-0.2, 0) is 10.2 Å². The van der Waals surface area contributed by atoms with E-state index in [1.165, 1.54) is 49.3 Å². The van der Waals surface area contributed by atoms with Crippen molar-refractivity contribution in [2.45, 2.75) is 44.9 Å². The molecule has 3 rings (SSSR count). The van der Waals surface area contributed by atoms with Gasteiger partial charge in [-0.25, -0.2) is 5.43 Å². The monoisotopic (exact) mass is 355 g/mol. The van der Waals surface area contributed by atoms with E-state index in [9.17, 15) is 4.79 Å². The highest BCUT2D eigenvalue weighted by Crippen LogP contribution is 2.46. The van der Waals surface area contributed by atoms with Crippen molar-refractivity contribution in [2.75, 3.05) is 31.6 Å². The maximum absolute atomic E-state index is 12.0. The van der Waals surface area contributed by atoms with Gasteiger partial charge >= 0.3 is 0 Å². The third-order valence-electron chi connectivity index (χ3n) is 5.70. The number of nitrogens with zero attached hydrogens (tertiary/aromatic N) is 2. The molecule has 0 saturated carbocycles. The van der Waals surface area contributed by atoms with Crippen LogP contribution in [-0.4, -0.2) is 38.8 Å². The molecule has 2 aliphatic heterocycles. The quantitative estimate of drug-likeness (QED) is 0.626. The van der Waals surface area contributed by atoms with Crippen molar-refractivity contribution in [3.63, 3.8) is 0 Å². The van der Waals surface area contributed by atoms with Crippen LogP contribution in [0.15, 0.2) is 41.1 Å². The average Bonchev–Trinajstić information content (AvgIpc) is 2.85. The Bertz CT molecular complexity index is 702. The molecule has 140 valence electrons. The molecule has 5 nitrogen and oxygen atoms in total. The Hall–Kier alpha value is -2.14. The molecule has 0 spiro atoms. The minimum atomic E-state index is -0.0704. The number of piperidine rings is 1. The van der Waals surface area contributed by atoms with Crippen molar-refractivity contribution in [3.05, 3.63) is 41.6 Å². The predicted octanol–water partition coefficient (Wildman–Crippen LogP) is 1.86. The van der Waals surface area contributed by atoms with Crippen LogP contribution in [0.5, 0.6) is 0 Å². The van der Waals surface area contributed by atoms with Gasteiger partial charge in [0.2, 0.25) is 5.91 Å². The van der Waals surface area contributed by atoms with E-state index in [0.29, 0.717) is 6.42 Å². The summed E-state index contributed by atoms with van der Waals surface area (Å²) in [7, 11) is 2.08. The van der Waals surface area contributed by atoms with Gasteiger partial charge < -0.3 is 9.80 Å². The number of hydrogen-bond acceptors (Lipinski definition) is 3. The molecule has 0 atom stereocenters. The summed E-state index contributed by atoms with van der Waals surface area (Å²) in [6, 6.07) is 8.46. The molecule has 1 aromatic carbocycles. The first-order valence-corrected chi connectivity index (χ1v) is 9.69. The number of fused-ring (bicyclic) bond motifs is 1. The number of quaternary nitrogens is 1. The smallest absolute Gasteiger partial charge is 0.245 e. The van der Waals surface area contributed by atoms with Gasteiger partial charge in [-0.15, -0.1) is 0 Å². The number of rotatable bonds is 5. The minimum Gasteiger partial charge on any atom is -0.347 e. The number of anilines is 1. The number of likely N-dealkylation sites (N-methyl/N-ethyl adjacent to an activating group) is 1. The first kappa shape index (κ1) is 18.6. The van der Waals surface area contributed by atoms with Crippen molar-refractivity contribution < 1.29 is 9.69 Å². The summed E-state index contributed by atoms with van der Waals surface area (Å²) in [6.45, 7) is 7.74. The third-order valence-corrected chi connectivity index (χ3v) is 5.70. The van der Waals surface area contributed by atoms with Gasteiger partial charge in [0.1, 0.15) is 0 Å². The van der Waals surface area contributed by atoms with Crippen LogP contribution in [0.1, 0.15) is 45.1 Å². The highest BCUT2D eigenvalue weighted by atomic mass is 16.2. The fourth-order valence-electron chi connectivity index (χ4n) is 4.17. The second kappa shape index (κ2) is 8.04. The first-order chi connectivity index (χ1) is 12.5. The third kappa shape index (κ3) is 3.98. The van der Waals surface area contributed by atoms with Crippen molar-refractivity contribution in [2.24, 2.45) is 5.10 Å². The largest absolute Gasteiger partial charge is 0.347 e. The maximum atomic E-state index is 12.0. The zero-order valence-electron chi connectivity index (χ0n) is 16.2. The molecule has 0 radical (unpaired) electrons. The van der Waals surface area contributed by atoms with Crippen LogP contribution in [0.2, 0.25) is 0 Å². The Morgan fingerprint density at radius 3 is 2.73 bits per heavy atom. The number of benzene rings is 1. The minimum absolute atomic E-state index is 0.0000429. The van der Waals surface area contributed by atoms with Gasteiger partial charge in [0.25, 0.3) is 0 Å². The lowest BCUT2D eigenvalue weighted by Crippen LogP contribution is -3.12. The molecule has 0 aliphatic carbocycles. The van der Waals surface area contributed by atoms with Gasteiger partial charge in [-0.2, -0.15) is 5.10 Å². The van der Waals surface area contributed by atoms with Crippen molar-refractivity contribution in [3.8, 4) is 0 Å². The standard InChI is InChI=1S/C21H30N4O/c1-21(2)17-9-5-6-10-18(17)24(3)19(21)11-13-22-23-20(26)12-16-25-14-7-4-8-15-25/h5-6,9-11,13H,4,7-8,12,14-16H2,1-3H3,(H,23,26)/p+1/b19-11-,22-13-. The summed E-state index contributed by atoms with van der Waals surface area (Å²) in [5, 5.41) is 4.12. The second-order valence-corrected chi connectivity index (χ2v) is 7.88. The second-order valence-electron chi connectivity index (χ2n) is 7.88. The molecule has 0 aromatic heterocycles. The Morgan fingerprint density at radius 2 is 2.00 bits per heavy atom. The van der Waals surface area contributed by atoms with E-state index in [1.807, 2.05) is 6.08 Å². The summed E-state index contributed by atoms with van der Waals surface area (Å²) >= 11 is 0. The highest BCUT2D eigenvalue weighted by Gasteiger charge is 2.37. The summed E-state index contributed by atoms with van der Waals surface area (Å²) in [4.78, 5) is 15.7. The molecule has 2 aliphatic rings. The van der Waals surface area contributed by atoms with E-state index in [0.717, 1.165) is 6.54 Å². The average molecular weight is 356 g/mol. The highest BCUT2D eigenvalue weighted by molar-refractivity contribution is 5.81. The molecule has 1 fully saturated rings. The SMILES string of the molecule is CN1/C(=C\C=N/NC(=O)CC[NH+]2CCCCC2)C(C)(C)c2ccccc21. The molecule has 0 unspecified atom stereocenters. The molecule has 1 amide bonds. The molecule has 0 bridgehead atoms. The molecular formula is C21H31N4O+. The van der Waals surface area contributed by atoms with E-state index in [-0.39, 0.29) is 11.3 Å². The lowest BCUT2D eigenvalue weighted by molar-refractivity contribution is -0.904. The topological polar surface area (TPSA) is 49.1 Å². The fourth-order valence-corrected chi connectivity index (χ4v) is 4.17. The number of amides is 1. The van der Waals surface area contributed by atoms with Crippen LogP contribution < -0.4 is 15.2 Å². The zero-order chi connectivity index (χ0) is 18.6. The van der Waals surface area contributed by atoms with Crippen molar-refractivity contribution in [1.82, 2.24) is 5.43 Å². The molecule has 2 N–H and O–H groups in total. The van der Waals surface area contributed by atoms with Crippen LogP contribution in [0.4, 0.5) is 5.69 Å². The Labute approximate surface area is 156 Å². The number of nitrogens with one attached hydrogen (secondary N) is 2. The van der Waals surface area contributed by atoms with E-state index in [4.69, 9.17) is 0 Å². The Morgan fingerprint density at radius 1 is 1.27 bits per heavy atom. The number of likely N-dealkylation sites (tertiary alicyclic amines) is 1. The van der Waals surface area contributed by atoms with Crippen LogP contribution in [0.3, 0.4) is 0 Å². The van der Waals surface area contributed by atoms with Gasteiger partial charge in [-0.05, 0) is 37.0 Å². The molecular weight excluding hydrogens is 324 g/mol. The number of hydrazone groups is 1. The van der Waals surface area contributed by atoms with E-state index >= 15 is 0 Å². The maximum Gasteiger partial charge on any atom is 0.245 e. The van der Waals surface area contributed by atoms with Crippen molar-refractivity contribution in [1.29, 1.82) is 0 Å². The van der Waals surface area contributed by atoms with Crippen molar-refractivity contribution >= 4 is 17.8 Å². The summed E-state index contributed by atoms with van der Waals surface area (Å²) in [5.41, 5.74) is 6.31. The zero-order valence-corrected chi connectivity index (χ0v) is 16.2. The van der Waals surface area contributed by atoms with Gasteiger partial charge in [0.15, 0.2) is 0 Å². The number of hydrogen-bond donors (Lipinski definition) is 2. The van der Waals surface area contributed by atoms with Gasteiger partial charge in [0, 0.05) is 30.1 Å². The van der Waals surface area contributed by atoms with Gasteiger partial charge in [-0.3, -0.25) is 4.79 Å². The van der Waals surface area contributed by atoms with Gasteiger partial charge in [0.05, 0.1) is 26.1 Å². The summed E-state index contributed by atoms with van der Waals surface area (Å²) in [6.07, 6.45) is 8.15. The summed E-state index contributed by atoms with van der Waals surface area (Å²) in [5.74, 6) is 0.0000429. The Kier molecular flexibility index (Phi) is 5.77. The Balaban J connectivity index is 1.53. The summed E-state index contributed by atoms with van der Waals surface area (Å²) < 4.78 is 0. The number of allylic oxidation sites excluding steroid dienone is 2. The van der Waals surface area contributed by atoms with Crippen LogP contribution >= 0.6 is 0 Å². The normalized spacial score (nSPS) is 21.3. The van der Waals surface area contributed by atoms with E-state index in [2.05, 4.69) is 60.6 Å². The number of carbonyl (C=O) groups is 1. The number of carbonyl (C=O) groups excluding carboxylic acids is 1. The molecule has 2 heterocycles. The number of para-hydroxylation sites is 1. The first-order valence-electron chi connectivity index (χ1n) is 9.69. The lowest BCUT2D eigenvalue weighted by atomic mass is 9.84. The van der Waals surface area contributed by atoms with E-state index in [1.54, 1.807) is 11.1 Å². The van der Waals surface area contributed by atoms with E-state index < -0.39 is 0 Å². The lowest BCUT2D eigenvalue weighted by Gasteiger charge is -2.23. The van der Waals surface area contributed by atoms with Crippen LogP contribution in [0.25, 0.3) is 0 Å². The fraction of sp³-hybridized carbons (Fsp3) is 0.524. The van der Waals surface area contributed by atoms with Gasteiger partial charge in [-0.1, -0.05) is 32.0 Å². The molecule has 1 saturated heterocycles. The van der Waals surface area contributed by atoms with Crippen LogP contribution in [0, 0.1) is 0 Å².